The number of hydrogen-bond donors (Lipinski definition) is 0. The third-order valence-corrected chi connectivity index (χ3v) is 16.1. The fourth-order valence-electron chi connectivity index (χ4n) is 12.2. The molecule has 312 valence electrons. The number of allylic oxidation sites excluding steroid dienone is 4. The molecular formula is C64H40N2S. The van der Waals surface area contributed by atoms with E-state index in [4.69, 9.17) is 0 Å². The number of benzene rings is 10. The molecule has 2 nitrogen and oxygen atoms in total. The lowest BCUT2D eigenvalue weighted by atomic mass is 9.73. The zero-order valence-corrected chi connectivity index (χ0v) is 37.2. The van der Waals surface area contributed by atoms with Crippen LogP contribution in [0.4, 0.5) is 0 Å². The summed E-state index contributed by atoms with van der Waals surface area (Å²) in [6.07, 6.45) is 9.41. The van der Waals surface area contributed by atoms with Gasteiger partial charge in [-0.1, -0.05) is 200 Å². The van der Waals surface area contributed by atoms with Crippen LogP contribution in [0.2, 0.25) is 0 Å². The third-order valence-electron chi connectivity index (χ3n) is 14.9. The van der Waals surface area contributed by atoms with Crippen molar-refractivity contribution in [3.05, 3.63) is 247 Å². The molecule has 3 aromatic heterocycles. The highest BCUT2D eigenvalue weighted by molar-refractivity contribution is 7.26. The molecule has 0 saturated heterocycles. The summed E-state index contributed by atoms with van der Waals surface area (Å²) in [4.78, 5) is 0. The number of rotatable bonds is 4. The van der Waals surface area contributed by atoms with Crippen LogP contribution in [0.25, 0.3) is 113 Å². The summed E-state index contributed by atoms with van der Waals surface area (Å²) in [5.74, 6) is 0.310. The van der Waals surface area contributed by atoms with E-state index < -0.39 is 0 Å². The minimum Gasteiger partial charge on any atom is -0.312 e. The van der Waals surface area contributed by atoms with Crippen LogP contribution in [-0.4, -0.2) is 9.13 Å². The first-order valence-electron chi connectivity index (χ1n) is 23.4. The SMILES string of the molecule is C1=CC2C(c3cccc4c3sc3cc(-c5c6ccccc6c(-n6c7ccccc7c7ccccc76)c6ccccc56)ccc34)=c3ccccc3=C(n3c4ccccc4c4ccccc43)C2C=C1. The number of thiophene rings is 1. The molecule has 0 N–H and O–H groups in total. The fourth-order valence-corrected chi connectivity index (χ4v) is 13.5. The van der Waals surface area contributed by atoms with Gasteiger partial charge in [0.05, 0.1) is 27.8 Å². The van der Waals surface area contributed by atoms with E-state index in [1.54, 1.807) is 0 Å². The van der Waals surface area contributed by atoms with Crippen LogP contribution in [-0.2, 0) is 0 Å². The van der Waals surface area contributed by atoms with E-state index in [9.17, 15) is 0 Å². The Hall–Kier alpha value is -8.24. The molecule has 2 aliphatic carbocycles. The summed E-state index contributed by atoms with van der Waals surface area (Å²) < 4.78 is 7.71. The van der Waals surface area contributed by atoms with Crippen LogP contribution in [0.3, 0.4) is 0 Å². The summed E-state index contributed by atoms with van der Waals surface area (Å²) in [7, 11) is 0. The molecule has 2 aliphatic rings. The van der Waals surface area contributed by atoms with Crippen LogP contribution in [0, 0.1) is 11.8 Å². The highest BCUT2D eigenvalue weighted by Gasteiger charge is 2.34. The molecule has 0 spiro atoms. The average Bonchev–Trinajstić information content (AvgIpc) is 4.05. The van der Waals surface area contributed by atoms with Crippen LogP contribution in [0.15, 0.2) is 231 Å². The van der Waals surface area contributed by atoms with Gasteiger partial charge in [0.1, 0.15) is 0 Å². The third kappa shape index (κ3) is 5.15. The maximum absolute atomic E-state index is 2.56. The average molecular weight is 869 g/mol. The maximum atomic E-state index is 2.56. The first kappa shape index (κ1) is 37.0. The van der Waals surface area contributed by atoms with Gasteiger partial charge in [0.25, 0.3) is 0 Å². The van der Waals surface area contributed by atoms with E-state index in [0.717, 1.165) is 0 Å². The Morgan fingerprint density at radius 3 is 1.43 bits per heavy atom. The van der Waals surface area contributed by atoms with Crippen LogP contribution < -0.4 is 10.4 Å². The maximum Gasteiger partial charge on any atom is 0.0619 e. The molecular weight excluding hydrogens is 829 g/mol. The lowest BCUT2D eigenvalue weighted by Gasteiger charge is -2.34. The van der Waals surface area contributed by atoms with Crippen molar-refractivity contribution in [1.82, 2.24) is 9.13 Å². The molecule has 0 aliphatic heterocycles. The van der Waals surface area contributed by atoms with Crippen LogP contribution >= 0.6 is 11.3 Å². The van der Waals surface area contributed by atoms with Crippen molar-refractivity contribution < 1.29 is 0 Å². The number of nitrogens with zero attached hydrogens (tertiary/aromatic N) is 2. The zero-order chi connectivity index (χ0) is 43.7. The number of fused-ring (bicyclic) bond motifs is 13. The Morgan fingerprint density at radius 2 is 0.836 bits per heavy atom. The fraction of sp³-hybridized carbons (Fsp3) is 0.0312. The lowest BCUT2D eigenvalue weighted by molar-refractivity contribution is 0.663. The summed E-state index contributed by atoms with van der Waals surface area (Å²) in [6.45, 7) is 0. The quantitative estimate of drug-likeness (QED) is 0.156. The van der Waals surface area contributed by atoms with E-state index in [1.807, 2.05) is 11.3 Å². The Morgan fingerprint density at radius 1 is 0.358 bits per heavy atom. The minimum absolute atomic E-state index is 0.150. The summed E-state index contributed by atoms with van der Waals surface area (Å²) in [5.41, 5.74) is 12.8. The molecule has 0 bridgehead atoms. The lowest BCUT2D eigenvalue weighted by Crippen LogP contribution is -2.41. The molecule has 3 heterocycles. The Bertz CT molecular complexity index is 4310. The summed E-state index contributed by atoms with van der Waals surface area (Å²) in [6, 6.07) is 77.0. The van der Waals surface area contributed by atoms with Gasteiger partial charge in [0.2, 0.25) is 0 Å². The van der Waals surface area contributed by atoms with Gasteiger partial charge in [-0.2, -0.15) is 0 Å². The molecule has 10 aromatic carbocycles. The van der Waals surface area contributed by atoms with Crippen molar-refractivity contribution in [3.8, 4) is 16.8 Å². The van der Waals surface area contributed by atoms with Gasteiger partial charge in [0, 0.05) is 75.2 Å². The minimum atomic E-state index is 0.150. The predicted molar refractivity (Wildman–Crippen MR) is 286 cm³/mol. The van der Waals surface area contributed by atoms with Crippen LogP contribution in [0.5, 0.6) is 0 Å². The van der Waals surface area contributed by atoms with Crippen molar-refractivity contribution in [2.75, 3.05) is 0 Å². The van der Waals surface area contributed by atoms with E-state index in [-0.39, 0.29) is 11.8 Å². The van der Waals surface area contributed by atoms with Gasteiger partial charge in [0.15, 0.2) is 0 Å². The molecule has 0 saturated carbocycles. The summed E-state index contributed by atoms with van der Waals surface area (Å²) in [5, 5.41) is 15.4. The molecule has 67 heavy (non-hydrogen) atoms. The van der Waals surface area contributed by atoms with Crippen molar-refractivity contribution in [3.63, 3.8) is 0 Å². The second kappa shape index (κ2) is 14.1. The van der Waals surface area contributed by atoms with E-state index >= 15 is 0 Å². The van der Waals surface area contributed by atoms with E-state index in [1.165, 1.54) is 129 Å². The second-order valence-electron chi connectivity index (χ2n) is 18.2. The van der Waals surface area contributed by atoms with Crippen LogP contribution in [0.1, 0.15) is 5.56 Å². The molecule has 0 amide bonds. The van der Waals surface area contributed by atoms with Crippen molar-refractivity contribution in [2.45, 2.75) is 0 Å². The first-order chi connectivity index (χ1) is 33.3. The number of hydrogen-bond acceptors (Lipinski definition) is 1. The van der Waals surface area contributed by atoms with Crippen molar-refractivity contribution in [2.24, 2.45) is 11.8 Å². The molecule has 3 heteroatoms. The molecule has 2 unspecified atom stereocenters. The van der Waals surface area contributed by atoms with Crippen molar-refractivity contribution >= 4 is 108 Å². The number of aromatic nitrogens is 2. The molecule has 0 radical (unpaired) electrons. The van der Waals surface area contributed by atoms with Crippen molar-refractivity contribution in [1.29, 1.82) is 0 Å². The molecule has 13 aromatic rings. The van der Waals surface area contributed by atoms with Gasteiger partial charge in [-0.05, 0) is 68.6 Å². The topological polar surface area (TPSA) is 9.86 Å². The second-order valence-corrected chi connectivity index (χ2v) is 19.3. The molecule has 2 atom stereocenters. The highest BCUT2D eigenvalue weighted by atomic mass is 32.1. The highest BCUT2D eigenvalue weighted by Crippen LogP contribution is 2.48. The van der Waals surface area contributed by atoms with E-state index in [2.05, 4.69) is 240 Å². The molecule has 15 rings (SSSR count). The Balaban J connectivity index is 0.976. The Kier molecular flexibility index (Phi) is 7.81. The largest absolute Gasteiger partial charge is 0.312 e. The normalized spacial score (nSPS) is 15.9. The van der Waals surface area contributed by atoms with E-state index in [0.29, 0.717) is 0 Å². The predicted octanol–water partition coefficient (Wildman–Crippen LogP) is 15.5. The van der Waals surface area contributed by atoms with Gasteiger partial charge in [-0.15, -0.1) is 11.3 Å². The van der Waals surface area contributed by atoms with Gasteiger partial charge >= 0.3 is 0 Å². The number of para-hydroxylation sites is 4. The summed E-state index contributed by atoms with van der Waals surface area (Å²) >= 11 is 1.94. The standard InChI is InChI=1S/C64H40N2S/c1-5-26-49-45(22-1)60(46-23-2-6-27-50(46)62(49)65-55-32-13-9-18-40(55)41-19-10-14-33-56(41)65)39-36-37-44-53-30-17-31-54(64(53)67-59(44)38-39)61-47-24-3-7-28-51(47)63(52-29-8-4-25-48(52)61)66-57-34-15-11-20-42(57)43-21-12-16-35-58(43)66/h1-38,47,51H. The zero-order valence-electron chi connectivity index (χ0n) is 36.4. The molecule has 0 fully saturated rings. The first-order valence-corrected chi connectivity index (χ1v) is 24.2. The van der Waals surface area contributed by atoms with Gasteiger partial charge < -0.3 is 9.13 Å². The Labute approximate surface area is 390 Å². The van der Waals surface area contributed by atoms with Gasteiger partial charge in [-0.25, -0.2) is 0 Å². The van der Waals surface area contributed by atoms with Gasteiger partial charge in [-0.3, -0.25) is 0 Å². The monoisotopic (exact) mass is 868 g/mol. The smallest absolute Gasteiger partial charge is 0.0619 e.